The van der Waals surface area contributed by atoms with E-state index in [9.17, 15) is 0 Å². The van der Waals surface area contributed by atoms with Crippen LogP contribution in [0.1, 0.15) is 36.0 Å². The number of hydrogen-bond acceptors (Lipinski definition) is 3. The number of hydrogen-bond donors (Lipinski definition) is 1. The Balaban J connectivity index is 1.25. The fraction of sp³-hybridized carbons (Fsp3) is 0.364. The molecule has 1 aliphatic carbocycles. The average Bonchev–Trinajstić information content (AvgIpc) is 3.33. The van der Waals surface area contributed by atoms with Crippen LogP contribution in [0.25, 0.3) is 5.57 Å². The van der Waals surface area contributed by atoms with Gasteiger partial charge >= 0.3 is 0 Å². The number of rotatable bonds is 7. The van der Waals surface area contributed by atoms with Crippen molar-refractivity contribution in [2.24, 2.45) is 0 Å². The summed E-state index contributed by atoms with van der Waals surface area (Å²) in [6.07, 6.45) is 7.09. The molecule has 0 unspecified atom stereocenters. The Morgan fingerprint density at radius 3 is 2.96 bits per heavy atom. The molecule has 2 aromatic rings. The molecule has 1 aliphatic heterocycles. The topological polar surface area (TPSA) is 30.5 Å². The van der Waals surface area contributed by atoms with E-state index in [-0.39, 0.29) is 0 Å². The predicted molar refractivity (Wildman–Crippen MR) is 101 cm³/mol. The first-order chi connectivity index (χ1) is 12.4. The Hall–Kier alpha value is -2.26. The molecule has 3 nitrogen and oxygen atoms in total. The lowest BCUT2D eigenvalue weighted by atomic mass is 10.0. The summed E-state index contributed by atoms with van der Waals surface area (Å²) >= 11 is 0. The van der Waals surface area contributed by atoms with Gasteiger partial charge in [-0.05, 0) is 42.0 Å². The first-order valence-electron chi connectivity index (χ1n) is 9.27. The van der Waals surface area contributed by atoms with Gasteiger partial charge in [-0.1, -0.05) is 42.5 Å². The molecule has 3 heteroatoms. The van der Waals surface area contributed by atoms with E-state index in [2.05, 4.69) is 41.7 Å². The lowest BCUT2D eigenvalue weighted by molar-refractivity contribution is 0.284. The van der Waals surface area contributed by atoms with Crippen LogP contribution in [0, 0.1) is 0 Å². The summed E-state index contributed by atoms with van der Waals surface area (Å²) in [5.74, 6) is 1.80. The van der Waals surface area contributed by atoms with Gasteiger partial charge in [0.05, 0.1) is 6.61 Å². The first kappa shape index (κ1) is 16.2. The Morgan fingerprint density at radius 2 is 2.04 bits per heavy atom. The van der Waals surface area contributed by atoms with Gasteiger partial charge in [0.1, 0.15) is 6.61 Å². The van der Waals surface area contributed by atoms with E-state index >= 15 is 0 Å². The fourth-order valence-electron chi connectivity index (χ4n) is 3.58. The molecule has 25 heavy (non-hydrogen) atoms. The van der Waals surface area contributed by atoms with Crippen molar-refractivity contribution in [3.63, 3.8) is 0 Å². The first-order valence-corrected chi connectivity index (χ1v) is 9.27. The number of nitrogens with one attached hydrogen (secondary N) is 1. The van der Waals surface area contributed by atoms with Crippen molar-refractivity contribution in [2.45, 2.75) is 32.2 Å². The molecule has 4 rings (SSSR count). The highest BCUT2D eigenvalue weighted by atomic mass is 16.5. The minimum atomic E-state index is 0.644. The highest BCUT2D eigenvalue weighted by Crippen LogP contribution is 2.35. The van der Waals surface area contributed by atoms with Crippen LogP contribution in [0.5, 0.6) is 11.5 Å². The second-order valence-electron chi connectivity index (χ2n) is 6.69. The second-order valence-corrected chi connectivity index (χ2v) is 6.69. The third kappa shape index (κ3) is 3.88. The van der Waals surface area contributed by atoms with Gasteiger partial charge in [0.2, 0.25) is 0 Å². The molecule has 0 aromatic heterocycles. The maximum Gasteiger partial charge on any atom is 0.164 e. The van der Waals surface area contributed by atoms with E-state index in [0.717, 1.165) is 37.6 Å². The molecule has 0 atom stereocenters. The van der Waals surface area contributed by atoms with Crippen LogP contribution in [0.3, 0.4) is 0 Å². The summed E-state index contributed by atoms with van der Waals surface area (Å²) in [4.78, 5) is 0. The number of benzene rings is 2. The Kier molecular flexibility index (Phi) is 5.03. The van der Waals surface area contributed by atoms with E-state index in [0.29, 0.717) is 6.61 Å². The molecule has 0 saturated carbocycles. The van der Waals surface area contributed by atoms with Gasteiger partial charge in [0.25, 0.3) is 0 Å². The average molecular weight is 335 g/mol. The van der Waals surface area contributed by atoms with Crippen LogP contribution in [-0.4, -0.2) is 19.8 Å². The van der Waals surface area contributed by atoms with Crippen LogP contribution in [0.15, 0.2) is 48.5 Å². The Bertz CT molecular complexity index is 766. The number of ether oxygens (including phenoxy) is 2. The summed E-state index contributed by atoms with van der Waals surface area (Å²) < 4.78 is 11.6. The molecule has 0 saturated heterocycles. The van der Waals surface area contributed by atoms with Crippen molar-refractivity contribution in [2.75, 3.05) is 19.8 Å². The van der Waals surface area contributed by atoms with Gasteiger partial charge in [0.15, 0.2) is 11.5 Å². The normalized spacial score (nSPS) is 15.6. The van der Waals surface area contributed by atoms with Crippen molar-refractivity contribution in [1.29, 1.82) is 0 Å². The summed E-state index contributed by atoms with van der Waals surface area (Å²) in [5.41, 5.74) is 5.46. The molecule has 1 heterocycles. The SMILES string of the molecule is C1=C(c2cccc(CNCCOc3cccc4c3OCC4)c2)CCC1. The smallest absolute Gasteiger partial charge is 0.164 e. The monoisotopic (exact) mass is 335 g/mol. The zero-order valence-electron chi connectivity index (χ0n) is 14.6. The molecular formula is C22H25NO2. The van der Waals surface area contributed by atoms with Gasteiger partial charge in [-0.25, -0.2) is 0 Å². The van der Waals surface area contributed by atoms with Crippen molar-refractivity contribution in [1.82, 2.24) is 5.32 Å². The molecule has 0 fully saturated rings. The van der Waals surface area contributed by atoms with E-state index in [4.69, 9.17) is 9.47 Å². The van der Waals surface area contributed by atoms with Crippen LogP contribution in [0.2, 0.25) is 0 Å². The highest BCUT2D eigenvalue weighted by Gasteiger charge is 2.16. The van der Waals surface area contributed by atoms with Gasteiger partial charge in [-0.3, -0.25) is 0 Å². The molecule has 0 bridgehead atoms. The summed E-state index contributed by atoms with van der Waals surface area (Å²) in [5, 5.41) is 3.47. The van der Waals surface area contributed by atoms with Crippen molar-refractivity contribution >= 4 is 5.57 Å². The summed E-state index contributed by atoms with van der Waals surface area (Å²) in [7, 11) is 0. The number of allylic oxidation sites excluding steroid dienone is 2. The van der Waals surface area contributed by atoms with E-state index < -0.39 is 0 Å². The molecule has 0 amide bonds. The van der Waals surface area contributed by atoms with Gasteiger partial charge < -0.3 is 14.8 Å². The molecule has 0 radical (unpaired) electrons. The maximum absolute atomic E-state index is 5.90. The lowest BCUT2D eigenvalue weighted by Gasteiger charge is -2.11. The largest absolute Gasteiger partial charge is 0.489 e. The molecular weight excluding hydrogens is 310 g/mol. The third-order valence-corrected chi connectivity index (χ3v) is 4.88. The third-order valence-electron chi connectivity index (χ3n) is 4.88. The van der Waals surface area contributed by atoms with Crippen LogP contribution >= 0.6 is 0 Å². The standard InChI is InChI=1S/C22H25NO2/c1-2-7-18(6-1)20-9-3-5-17(15-20)16-23-12-14-24-21-10-4-8-19-11-13-25-22(19)21/h3-6,8-10,15,23H,1-2,7,11-14,16H2. The van der Waals surface area contributed by atoms with Crippen LogP contribution in [-0.2, 0) is 13.0 Å². The molecule has 2 aromatic carbocycles. The second kappa shape index (κ2) is 7.75. The van der Waals surface area contributed by atoms with Gasteiger partial charge in [0, 0.05) is 25.1 Å². The minimum absolute atomic E-state index is 0.644. The quantitative estimate of drug-likeness (QED) is 0.763. The summed E-state index contributed by atoms with van der Waals surface area (Å²) in [6, 6.07) is 15.0. The maximum atomic E-state index is 5.90. The zero-order chi connectivity index (χ0) is 16.9. The van der Waals surface area contributed by atoms with E-state index in [1.807, 2.05) is 12.1 Å². The van der Waals surface area contributed by atoms with Gasteiger partial charge in [-0.2, -0.15) is 0 Å². The summed E-state index contributed by atoms with van der Waals surface area (Å²) in [6.45, 7) is 3.09. The highest BCUT2D eigenvalue weighted by molar-refractivity contribution is 5.67. The van der Waals surface area contributed by atoms with Gasteiger partial charge in [-0.15, -0.1) is 0 Å². The molecule has 0 spiro atoms. The molecule has 2 aliphatic rings. The minimum Gasteiger partial charge on any atom is -0.489 e. The lowest BCUT2D eigenvalue weighted by Crippen LogP contribution is -2.20. The number of para-hydroxylation sites is 1. The van der Waals surface area contributed by atoms with Crippen molar-refractivity contribution in [3.8, 4) is 11.5 Å². The molecule has 130 valence electrons. The Labute approximate surface area is 149 Å². The predicted octanol–water partition coefficient (Wildman–Crippen LogP) is 4.36. The fourth-order valence-corrected chi connectivity index (χ4v) is 3.58. The van der Waals surface area contributed by atoms with Crippen LogP contribution in [0.4, 0.5) is 0 Å². The van der Waals surface area contributed by atoms with E-state index in [1.165, 1.54) is 41.5 Å². The van der Waals surface area contributed by atoms with Crippen LogP contribution < -0.4 is 14.8 Å². The van der Waals surface area contributed by atoms with E-state index in [1.54, 1.807) is 0 Å². The zero-order valence-corrected chi connectivity index (χ0v) is 14.6. The van der Waals surface area contributed by atoms with Crippen molar-refractivity contribution in [3.05, 3.63) is 65.2 Å². The number of fused-ring (bicyclic) bond motifs is 1. The van der Waals surface area contributed by atoms with Crippen molar-refractivity contribution < 1.29 is 9.47 Å². The Morgan fingerprint density at radius 1 is 1.08 bits per heavy atom. The molecule has 1 N–H and O–H groups in total.